The molecule has 0 aliphatic carbocycles. The molecule has 4 aromatic carbocycles. The number of nitrogen functional groups attached to an aromatic ring is 3. The van der Waals surface area contributed by atoms with Crippen LogP contribution in [0.15, 0.2) is 72.8 Å². The van der Waals surface area contributed by atoms with Crippen LogP contribution >= 0.6 is 0 Å². The van der Waals surface area contributed by atoms with Crippen molar-refractivity contribution in [3.63, 3.8) is 0 Å². The van der Waals surface area contributed by atoms with Crippen LogP contribution in [0.3, 0.4) is 0 Å². The summed E-state index contributed by atoms with van der Waals surface area (Å²) in [5.74, 6) is 1.88. The van der Waals surface area contributed by atoms with E-state index in [0.29, 0.717) is 34.3 Å². The molecule has 0 aliphatic heterocycles. The Morgan fingerprint density at radius 1 is 0.444 bits per heavy atom. The summed E-state index contributed by atoms with van der Waals surface area (Å²) in [5, 5.41) is 10.2. The van der Waals surface area contributed by atoms with Gasteiger partial charge in [0, 0.05) is 52.3 Å². The fourth-order valence-electron chi connectivity index (χ4n) is 3.74. The minimum absolute atomic E-state index is 0.612. The lowest BCUT2D eigenvalue weighted by Gasteiger charge is -2.18. The molecule has 0 aliphatic rings. The van der Waals surface area contributed by atoms with Gasteiger partial charge in [-0.15, -0.1) is 0 Å². The number of nitrogens with two attached hydrogens (primary N) is 3. The van der Waals surface area contributed by atoms with E-state index in [1.165, 1.54) is 0 Å². The van der Waals surface area contributed by atoms with E-state index in [1.54, 1.807) is 39.5 Å². The van der Waals surface area contributed by atoms with Gasteiger partial charge in [-0.2, -0.15) is 0 Å². The van der Waals surface area contributed by atoms with Crippen LogP contribution in [-0.4, -0.2) is 21.3 Å². The van der Waals surface area contributed by atoms with Crippen LogP contribution in [-0.2, 0) is 0 Å². The quantitative estimate of drug-likeness (QED) is 0.164. The maximum Gasteiger partial charge on any atom is 0.144 e. The van der Waals surface area contributed by atoms with Crippen LogP contribution in [0, 0.1) is 0 Å². The molecule has 0 amide bonds. The zero-order chi connectivity index (χ0) is 25.7. The highest BCUT2D eigenvalue weighted by Gasteiger charge is 2.11. The van der Waals surface area contributed by atoms with Gasteiger partial charge in [-0.3, -0.25) is 0 Å². The fraction of sp³-hybridized carbons (Fsp3) is 0.111. The molecule has 0 bridgehead atoms. The van der Waals surface area contributed by atoms with Crippen LogP contribution in [0.5, 0.6) is 17.2 Å². The summed E-state index contributed by atoms with van der Waals surface area (Å²) in [5.41, 5.74) is 24.3. The second kappa shape index (κ2) is 10.6. The molecule has 9 nitrogen and oxygen atoms in total. The largest absolute Gasteiger partial charge is 0.494 e. The third kappa shape index (κ3) is 5.58. The molecule has 36 heavy (non-hydrogen) atoms. The average molecular weight is 487 g/mol. The Balaban J connectivity index is 1.74. The minimum atomic E-state index is 0.612. The second-order valence-electron chi connectivity index (χ2n) is 8.05. The standard InChI is InChI=1S/C27H30N6O3/c1-34-25-10-16(28)4-7-22(25)31-19-13-20(32-23-8-5-17(29)11-26(23)35-2)15-21(14-19)33-24-9-6-18(30)12-27(24)36-3/h4-15,31-33H,28-30H2,1-3H3. The van der Waals surface area contributed by atoms with Crippen LogP contribution in [0.25, 0.3) is 0 Å². The lowest BCUT2D eigenvalue weighted by Crippen LogP contribution is -2.01. The number of anilines is 9. The predicted molar refractivity (Wildman–Crippen MR) is 149 cm³/mol. The monoisotopic (exact) mass is 486 g/mol. The maximum absolute atomic E-state index is 5.92. The summed E-state index contributed by atoms with van der Waals surface area (Å²) >= 11 is 0. The summed E-state index contributed by atoms with van der Waals surface area (Å²) < 4.78 is 16.5. The van der Waals surface area contributed by atoms with Crippen molar-refractivity contribution >= 4 is 51.2 Å². The van der Waals surface area contributed by atoms with Crippen molar-refractivity contribution in [1.29, 1.82) is 0 Å². The van der Waals surface area contributed by atoms with E-state index in [-0.39, 0.29) is 0 Å². The smallest absolute Gasteiger partial charge is 0.144 e. The molecule has 4 aromatic rings. The Labute approximate surface area is 210 Å². The minimum Gasteiger partial charge on any atom is -0.494 e. The zero-order valence-electron chi connectivity index (χ0n) is 20.4. The molecule has 186 valence electrons. The molecular formula is C27H30N6O3. The molecule has 9 N–H and O–H groups in total. The van der Waals surface area contributed by atoms with E-state index in [9.17, 15) is 0 Å². The summed E-state index contributed by atoms with van der Waals surface area (Å²) in [6, 6.07) is 22.2. The third-order valence-corrected chi connectivity index (χ3v) is 5.45. The molecule has 0 heterocycles. The lowest BCUT2D eigenvalue weighted by atomic mass is 10.2. The van der Waals surface area contributed by atoms with E-state index in [0.717, 1.165) is 34.1 Å². The molecule has 0 aromatic heterocycles. The number of hydrogen-bond donors (Lipinski definition) is 6. The molecular weight excluding hydrogens is 456 g/mol. The first-order valence-electron chi connectivity index (χ1n) is 11.1. The molecule has 0 saturated carbocycles. The van der Waals surface area contributed by atoms with Crippen molar-refractivity contribution in [2.45, 2.75) is 0 Å². The first kappa shape index (κ1) is 24.2. The molecule has 0 unspecified atom stereocenters. The lowest BCUT2D eigenvalue weighted by molar-refractivity contribution is 0.417. The van der Waals surface area contributed by atoms with Crippen molar-refractivity contribution in [3.05, 3.63) is 72.8 Å². The highest BCUT2D eigenvalue weighted by Crippen LogP contribution is 2.37. The van der Waals surface area contributed by atoms with Gasteiger partial charge in [-0.05, 0) is 54.6 Å². The Kier molecular flexibility index (Phi) is 7.10. The molecule has 0 spiro atoms. The molecule has 9 heteroatoms. The Hall–Kier alpha value is -4.92. The zero-order valence-corrected chi connectivity index (χ0v) is 20.4. The number of ether oxygens (including phenoxy) is 3. The van der Waals surface area contributed by atoms with Crippen molar-refractivity contribution in [3.8, 4) is 17.2 Å². The van der Waals surface area contributed by atoms with Gasteiger partial charge in [-0.1, -0.05) is 0 Å². The van der Waals surface area contributed by atoms with Crippen LogP contribution in [0.4, 0.5) is 51.2 Å². The maximum atomic E-state index is 5.92. The van der Waals surface area contributed by atoms with Crippen molar-refractivity contribution < 1.29 is 14.2 Å². The van der Waals surface area contributed by atoms with Crippen LogP contribution < -0.4 is 47.4 Å². The SMILES string of the molecule is COc1cc(N)ccc1Nc1cc(Nc2ccc(N)cc2OC)cc(Nc2ccc(N)cc2OC)c1. The molecule has 0 radical (unpaired) electrons. The van der Waals surface area contributed by atoms with E-state index >= 15 is 0 Å². The van der Waals surface area contributed by atoms with Gasteiger partial charge in [-0.25, -0.2) is 0 Å². The highest BCUT2D eigenvalue weighted by atomic mass is 16.5. The van der Waals surface area contributed by atoms with E-state index < -0.39 is 0 Å². The second-order valence-corrected chi connectivity index (χ2v) is 8.05. The highest BCUT2D eigenvalue weighted by molar-refractivity contribution is 5.80. The summed E-state index contributed by atoms with van der Waals surface area (Å²) in [4.78, 5) is 0. The predicted octanol–water partition coefficient (Wildman–Crippen LogP) is 5.69. The topological polar surface area (TPSA) is 142 Å². The van der Waals surface area contributed by atoms with Gasteiger partial charge >= 0.3 is 0 Å². The Morgan fingerprint density at radius 2 is 0.722 bits per heavy atom. The summed E-state index contributed by atoms with van der Waals surface area (Å²) in [6.45, 7) is 0. The summed E-state index contributed by atoms with van der Waals surface area (Å²) in [7, 11) is 4.81. The Morgan fingerprint density at radius 3 is 0.972 bits per heavy atom. The van der Waals surface area contributed by atoms with Gasteiger partial charge in [0.1, 0.15) is 17.2 Å². The molecule has 0 saturated heterocycles. The van der Waals surface area contributed by atoms with Crippen molar-refractivity contribution in [2.24, 2.45) is 0 Å². The average Bonchev–Trinajstić information content (AvgIpc) is 2.87. The van der Waals surface area contributed by atoms with Gasteiger partial charge in [0.15, 0.2) is 0 Å². The third-order valence-electron chi connectivity index (χ3n) is 5.45. The number of nitrogens with one attached hydrogen (secondary N) is 3. The number of benzene rings is 4. The van der Waals surface area contributed by atoms with Gasteiger partial charge in [0.25, 0.3) is 0 Å². The van der Waals surface area contributed by atoms with Crippen LogP contribution in [0.1, 0.15) is 0 Å². The Bertz CT molecular complexity index is 1200. The fourth-order valence-corrected chi connectivity index (χ4v) is 3.74. The van der Waals surface area contributed by atoms with E-state index in [2.05, 4.69) is 16.0 Å². The van der Waals surface area contributed by atoms with Gasteiger partial charge in [0.2, 0.25) is 0 Å². The van der Waals surface area contributed by atoms with Crippen LogP contribution in [0.2, 0.25) is 0 Å². The normalized spacial score (nSPS) is 10.4. The van der Waals surface area contributed by atoms with Gasteiger partial charge in [0.05, 0.1) is 38.4 Å². The summed E-state index contributed by atoms with van der Waals surface area (Å²) in [6.07, 6.45) is 0. The molecule has 4 rings (SSSR count). The number of methoxy groups -OCH3 is 3. The first-order chi connectivity index (χ1) is 17.4. The van der Waals surface area contributed by atoms with Crippen molar-refractivity contribution in [2.75, 3.05) is 54.5 Å². The van der Waals surface area contributed by atoms with Gasteiger partial charge < -0.3 is 47.4 Å². The number of rotatable bonds is 9. The van der Waals surface area contributed by atoms with E-state index in [4.69, 9.17) is 31.4 Å². The first-order valence-corrected chi connectivity index (χ1v) is 11.1. The van der Waals surface area contributed by atoms with Crippen molar-refractivity contribution in [1.82, 2.24) is 0 Å². The molecule has 0 atom stereocenters. The molecule has 0 fully saturated rings. The van der Waals surface area contributed by atoms with E-state index in [1.807, 2.05) is 54.6 Å². The number of hydrogen-bond acceptors (Lipinski definition) is 9.